The van der Waals surface area contributed by atoms with Crippen molar-refractivity contribution in [3.05, 3.63) is 41.7 Å². The molecule has 15 heavy (non-hydrogen) atoms. The number of aryl methyl sites for hydroxylation is 1. The molecule has 0 amide bonds. The molecule has 0 heterocycles. The largest absolute Gasteiger partial charge is 0.462 e. The van der Waals surface area contributed by atoms with E-state index in [0.29, 0.717) is 0 Å². The van der Waals surface area contributed by atoms with Gasteiger partial charge in [-0.15, -0.1) is 0 Å². The first kappa shape index (κ1) is 11.8. The molecule has 0 aromatic heterocycles. The van der Waals surface area contributed by atoms with Crippen molar-refractivity contribution in [3.63, 3.8) is 0 Å². The van der Waals surface area contributed by atoms with Gasteiger partial charge in [0.15, 0.2) is 0 Å². The molecule has 0 saturated carbocycles. The molecule has 0 radical (unpaired) electrons. The Morgan fingerprint density at radius 1 is 1.13 bits per heavy atom. The maximum atomic E-state index is 5.84. The van der Waals surface area contributed by atoms with Crippen molar-refractivity contribution in [2.45, 2.75) is 34.6 Å². The number of ether oxygens (including phenoxy) is 1. The van der Waals surface area contributed by atoms with Crippen LogP contribution in [0.3, 0.4) is 0 Å². The first-order valence-electron chi connectivity index (χ1n) is 5.35. The molecule has 1 rings (SSSR count). The normalized spacial score (nSPS) is 12.7. The van der Waals surface area contributed by atoms with Crippen molar-refractivity contribution in [1.29, 1.82) is 0 Å². The van der Waals surface area contributed by atoms with Crippen molar-refractivity contribution in [3.8, 4) is 5.75 Å². The number of rotatable bonds is 2. The zero-order chi connectivity index (χ0) is 11.5. The summed E-state index contributed by atoms with van der Waals surface area (Å²) < 4.78 is 5.84. The predicted molar refractivity (Wildman–Crippen MR) is 65.0 cm³/mol. The SMILES string of the molecule is C/C=C(/Oc1ccc(C)cc1)C(C)(C)C. The van der Waals surface area contributed by atoms with Gasteiger partial charge in [0.05, 0.1) is 0 Å². The standard InChI is InChI=1S/C14H20O/c1-6-13(14(3,4)5)15-12-9-7-11(2)8-10-12/h6-10H,1-5H3/b13-6+. The van der Waals surface area contributed by atoms with Gasteiger partial charge in [-0.05, 0) is 32.1 Å². The van der Waals surface area contributed by atoms with Crippen LogP contribution in [0.25, 0.3) is 0 Å². The molecule has 1 nitrogen and oxygen atoms in total. The third kappa shape index (κ3) is 3.43. The quantitative estimate of drug-likeness (QED) is 0.652. The second-order valence-electron chi connectivity index (χ2n) is 4.82. The van der Waals surface area contributed by atoms with Gasteiger partial charge in [-0.3, -0.25) is 0 Å². The maximum Gasteiger partial charge on any atom is 0.126 e. The Bertz CT molecular complexity index is 339. The molecule has 0 N–H and O–H groups in total. The Morgan fingerprint density at radius 3 is 2.07 bits per heavy atom. The van der Waals surface area contributed by atoms with Crippen LogP contribution < -0.4 is 4.74 Å². The van der Waals surface area contributed by atoms with E-state index in [0.717, 1.165) is 11.5 Å². The summed E-state index contributed by atoms with van der Waals surface area (Å²) in [6.07, 6.45) is 2.03. The van der Waals surface area contributed by atoms with Gasteiger partial charge in [-0.1, -0.05) is 38.5 Å². The van der Waals surface area contributed by atoms with Crippen LogP contribution in [0, 0.1) is 12.3 Å². The highest BCUT2D eigenvalue weighted by Crippen LogP contribution is 2.28. The van der Waals surface area contributed by atoms with Gasteiger partial charge in [0.1, 0.15) is 11.5 Å². The molecule has 1 aromatic rings. The highest BCUT2D eigenvalue weighted by Gasteiger charge is 2.18. The van der Waals surface area contributed by atoms with Gasteiger partial charge in [-0.2, -0.15) is 0 Å². The molecule has 0 bridgehead atoms. The van der Waals surface area contributed by atoms with Crippen molar-refractivity contribution in [2.24, 2.45) is 5.41 Å². The van der Waals surface area contributed by atoms with Gasteiger partial charge in [0.25, 0.3) is 0 Å². The third-order valence-corrected chi connectivity index (χ3v) is 2.25. The minimum atomic E-state index is 0.0552. The van der Waals surface area contributed by atoms with Crippen LogP contribution in [0.1, 0.15) is 33.3 Å². The molecule has 1 aromatic carbocycles. The second kappa shape index (κ2) is 4.52. The summed E-state index contributed by atoms with van der Waals surface area (Å²) in [6, 6.07) is 8.13. The van der Waals surface area contributed by atoms with Gasteiger partial charge >= 0.3 is 0 Å². The fourth-order valence-electron chi connectivity index (χ4n) is 1.38. The molecule has 0 atom stereocenters. The molecule has 1 heteroatoms. The maximum absolute atomic E-state index is 5.84. The molecule has 0 aliphatic heterocycles. The van der Waals surface area contributed by atoms with E-state index < -0.39 is 0 Å². The van der Waals surface area contributed by atoms with Crippen molar-refractivity contribution < 1.29 is 4.74 Å². The zero-order valence-corrected chi connectivity index (χ0v) is 10.3. The molecule has 0 fully saturated rings. The van der Waals surface area contributed by atoms with Crippen LogP contribution in [0.4, 0.5) is 0 Å². The first-order chi connectivity index (χ1) is 6.93. The van der Waals surface area contributed by atoms with Crippen molar-refractivity contribution in [2.75, 3.05) is 0 Å². The molecule has 0 aliphatic rings. The minimum absolute atomic E-state index is 0.0552. The van der Waals surface area contributed by atoms with Crippen molar-refractivity contribution in [1.82, 2.24) is 0 Å². The summed E-state index contributed by atoms with van der Waals surface area (Å²) in [5, 5.41) is 0. The van der Waals surface area contributed by atoms with E-state index in [9.17, 15) is 0 Å². The van der Waals surface area contributed by atoms with E-state index in [-0.39, 0.29) is 5.41 Å². The Labute approximate surface area is 92.8 Å². The lowest BCUT2D eigenvalue weighted by Crippen LogP contribution is -2.14. The lowest BCUT2D eigenvalue weighted by molar-refractivity contribution is 0.293. The van der Waals surface area contributed by atoms with Gasteiger partial charge in [0, 0.05) is 5.41 Å². The van der Waals surface area contributed by atoms with Crippen LogP contribution in [-0.2, 0) is 0 Å². The second-order valence-corrected chi connectivity index (χ2v) is 4.82. The van der Waals surface area contributed by atoms with E-state index in [4.69, 9.17) is 4.74 Å². The highest BCUT2D eigenvalue weighted by molar-refractivity contribution is 5.28. The fourth-order valence-corrected chi connectivity index (χ4v) is 1.38. The lowest BCUT2D eigenvalue weighted by atomic mass is 9.93. The van der Waals surface area contributed by atoms with Crippen LogP contribution in [-0.4, -0.2) is 0 Å². The summed E-state index contributed by atoms with van der Waals surface area (Å²) in [5.41, 5.74) is 1.31. The van der Waals surface area contributed by atoms with Gasteiger partial charge in [-0.25, -0.2) is 0 Å². The summed E-state index contributed by atoms with van der Waals surface area (Å²) in [6.45, 7) is 10.5. The highest BCUT2D eigenvalue weighted by atomic mass is 16.5. The summed E-state index contributed by atoms with van der Waals surface area (Å²) in [4.78, 5) is 0. The van der Waals surface area contributed by atoms with E-state index in [1.165, 1.54) is 5.56 Å². The Morgan fingerprint density at radius 2 is 1.67 bits per heavy atom. The molecular formula is C14H20O. The van der Waals surface area contributed by atoms with Crippen LogP contribution in [0.15, 0.2) is 36.1 Å². The van der Waals surface area contributed by atoms with E-state index in [1.807, 2.05) is 25.1 Å². The number of hydrogen-bond donors (Lipinski definition) is 0. The molecule has 0 aliphatic carbocycles. The van der Waals surface area contributed by atoms with E-state index in [2.05, 4.69) is 39.8 Å². The Kier molecular flexibility index (Phi) is 3.57. The van der Waals surface area contributed by atoms with Gasteiger partial charge < -0.3 is 4.74 Å². The smallest absolute Gasteiger partial charge is 0.126 e. The molecular weight excluding hydrogens is 184 g/mol. The van der Waals surface area contributed by atoms with E-state index in [1.54, 1.807) is 0 Å². The molecule has 0 saturated heterocycles. The summed E-state index contributed by atoms with van der Waals surface area (Å²) >= 11 is 0. The summed E-state index contributed by atoms with van der Waals surface area (Å²) in [5.74, 6) is 1.91. The van der Waals surface area contributed by atoms with Crippen molar-refractivity contribution >= 4 is 0 Å². The average molecular weight is 204 g/mol. The minimum Gasteiger partial charge on any atom is -0.462 e. The topological polar surface area (TPSA) is 9.23 Å². The van der Waals surface area contributed by atoms with Crippen LogP contribution >= 0.6 is 0 Å². The lowest BCUT2D eigenvalue weighted by Gasteiger charge is -2.22. The van der Waals surface area contributed by atoms with E-state index >= 15 is 0 Å². The molecule has 0 spiro atoms. The Balaban J connectivity index is 2.81. The van der Waals surface area contributed by atoms with Gasteiger partial charge in [0.2, 0.25) is 0 Å². The number of benzene rings is 1. The zero-order valence-electron chi connectivity index (χ0n) is 10.3. The number of hydrogen-bond acceptors (Lipinski definition) is 1. The average Bonchev–Trinajstić information content (AvgIpc) is 2.15. The van der Waals surface area contributed by atoms with Crippen LogP contribution in [0.2, 0.25) is 0 Å². The fraction of sp³-hybridized carbons (Fsp3) is 0.429. The predicted octanol–water partition coefficient (Wildman–Crippen LogP) is 4.32. The number of allylic oxidation sites excluding steroid dienone is 2. The molecule has 82 valence electrons. The first-order valence-corrected chi connectivity index (χ1v) is 5.35. The summed E-state index contributed by atoms with van der Waals surface area (Å²) in [7, 11) is 0. The van der Waals surface area contributed by atoms with Crippen LogP contribution in [0.5, 0.6) is 5.75 Å². The molecule has 0 unspecified atom stereocenters. The third-order valence-electron chi connectivity index (χ3n) is 2.25. The Hall–Kier alpha value is -1.24. The monoisotopic (exact) mass is 204 g/mol.